The van der Waals surface area contributed by atoms with E-state index in [4.69, 9.17) is 0 Å². The molecule has 0 rings (SSSR count). The highest BCUT2D eigenvalue weighted by atomic mass is 19.0. The Morgan fingerprint density at radius 2 is 1.07 bits per heavy atom. The molecule has 0 spiro atoms. The third-order valence-corrected chi connectivity index (χ3v) is 2.68. The van der Waals surface area contributed by atoms with Gasteiger partial charge in [-0.15, -0.1) is 0 Å². The van der Waals surface area contributed by atoms with Crippen LogP contribution in [0.15, 0.2) is 0 Å². The van der Waals surface area contributed by atoms with E-state index in [2.05, 4.69) is 28.1 Å². The minimum atomic E-state index is 0. The standard InChI is InChI=1S/C13H30N.FH/c1-5-6-7-8-9-10-11-12-13-14(2,3)4;/h5-13H2,1-4H3;1H/q+1;/p-1. The van der Waals surface area contributed by atoms with E-state index < -0.39 is 0 Å². The van der Waals surface area contributed by atoms with Crippen molar-refractivity contribution in [1.29, 1.82) is 0 Å². The average molecular weight is 219 g/mol. The Morgan fingerprint density at radius 1 is 0.667 bits per heavy atom. The van der Waals surface area contributed by atoms with E-state index in [1.54, 1.807) is 0 Å². The summed E-state index contributed by atoms with van der Waals surface area (Å²) in [6, 6.07) is 0. The molecule has 0 radical (unpaired) electrons. The molecule has 0 aromatic rings. The van der Waals surface area contributed by atoms with Crippen molar-refractivity contribution < 1.29 is 9.19 Å². The summed E-state index contributed by atoms with van der Waals surface area (Å²) >= 11 is 0. The van der Waals surface area contributed by atoms with Gasteiger partial charge in [0.05, 0.1) is 27.7 Å². The maximum atomic E-state index is 2.28. The average Bonchev–Trinajstić information content (AvgIpc) is 2.08. The maximum absolute atomic E-state index is 2.28. The van der Waals surface area contributed by atoms with E-state index in [1.807, 2.05) is 0 Å². The van der Waals surface area contributed by atoms with Crippen LogP contribution in [-0.4, -0.2) is 32.2 Å². The molecular weight excluding hydrogens is 189 g/mol. The first-order valence-corrected chi connectivity index (χ1v) is 6.36. The second-order valence-corrected chi connectivity index (χ2v) is 5.49. The highest BCUT2D eigenvalue weighted by Crippen LogP contribution is 2.09. The zero-order valence-corrected chi connectivity index (χ0v) is 11.2. The third-order valence-electron chi connectivity index (χ3n) is 2.68. The minimum absolute atomic E-state index is 0. The fourth-order valence-corrected chi connectivity index (χ4v) is 1.72. The molecule has 2 heteroatoms. The fraction of sp³-hybridized carbons (Fsp3) is 1.00. The van der Waals surface area contributed by atoms with Gasteiger partial charge in [0.15, 0.2) is 0 Å². The largest absolute Gasteiger partial charge is 1.00 e. The molecule has 0 saturated carbocycles. The van der Waals surface area contributed by atoms with Gasteiger partial charge in [-0.3, -0.25) is 0 Å². The molecule has 0 aromatic heterocycles. The lowest BCUT2D eigenvalue weighted by atomic mass is 10.1. The van der Waals surface area contributed by atoms with E-state index in [1.165, 1.54) is 57.9 Å². The zero-order valence-electron chi connectivity index (χ0n) is 11.2. The van der Waals surface area contributed by atoms with E-state index in [9.17, 15) is 0 Å². The number of rotatable bonds is 9. The van der Waals surface area contributed by atoms with Crippen LogP contribution in [0.3, 0.4) is 0 Å². The summed E-state index contributed by atoms with van der Waals surface area (Å²) in [4.78, 5) is 0. The van der Waals surface area contributed by atoms with E-state index in [0.29, 0.717) is 0 Å². The van der Waals surface area contributed by atoms with Crippen LogP contribution < -0.4 is 4.70 Å². The van der Waals surface area contributed by atoms with E-state index in [0.717, 1.165) is 4.48 Å². The van der Waals surface area contributed by atoms with Crippen LogP contribution in [0.1, 0.15) is 58.3 Å². The predicted octanol–water partition coefficient (Wildman–Crippen LogP) is 0.837. The zero-order chi connectivity index (χ0) is 10.9. The smallest absolute Gasteiger partial charge is 0.0780 e. The number of halogens is 1. The summed E-state index contributed by atoms with van der Waals surface area (Å²) in [6.07, 6.45) is 11.4. The molecule has 0 N–H and O–H groups in total. The first-order chi connectivity index (χ1) is 6.56. The van der Waals surface area contributed by atoms with Crippen molar-refractivity contribution in [3.05, 3.63) is 0 Å². The molecular formula is C13H30FN. The minimum Gasteiger partial charge on any atom is -1.00 e. The van der Waals surface area contributed by atoms with Gasteiger partial charge in [-0.05, 0) is 12.8 Å². The summed E-state index contributed by atoms with van der Waals surface area (Å²) in [5.41, 5.74) is 0. The Labute approximate surface area is 95.8 Å². The lowest BCUT2D eigenvalue weighted by Crippen LogP contribution is -3.00. The number of hydrogen-bond donors (Lipinski definition) is 0. The lowest BCUT2D eigenvalue weighted by Gasteiger charge is -2.23. The van der Waals surface area contributed by atoms with Crippen molar-refractivity contribution in [2.24, 2.45) is 0 Å². The quantitative estimate of drug-likeness (QED) is 0.398. The van der Waals surface area contributed by atoms with Gasteiger partial charge in [0, 0.05) is 0 Å². The first-order valence-electron chi connectivity index (χ1n) is 6.36. The molecule has 0 saturated heterocycles. The lowest BCUT2D eigenvalue weighted by molar-refractivity contribution is -0.870. The van der Waals surface area contributed by atoms with Crippen molar-refractivity contribution in [3.8, 4) is 0 Å². The number of quaternary nitrogens is 1. The van der Waals surface area contributed by atoms with Crippen LogP contribution in [0.4, 0.5) is 0 Å². The summed E-state index contributed by atoms with van der Waals surface area (Å²) in [7, 11) is 6.84. The van der Waals surface area contributed by atoms with Gasteiger partial charge in [0.2, 0.25) is 0 Å². The van der Waals surface area contributed by atoms with Crippen LogP contribution in [0.2, 0.25) is 0 Å². The highest BCUT2D eigenvalue weighted by Gasteiger charge is 2.04. The Hall–Kier alpha value is -0.110. The molecule has 0 atom stereocenters. The molecule has 0 unspecified atom stereocenters. The molecule has 0 aliphatic carbocycles. The monoisotopic (exact) mass is 219 g/mol. The Bertz CT molecular complexity index is 118. The van der Waals surface area contributed by atoms with Gasteiger partial charge in [0.1, 0.15) is 0 Å². The summed E-state index contributed by atoms with van der Waals surface area (Å²) < 4.78 is 1.12. The normalized spacial score (nSPS) is 11.2. The van der Waals surface area contributed by atoms with Crippen LogP contribution in [0.25, 0.3) is 0 Å². The number of nitrogens with zero attached hydrogens (tertiary/aromatic N) is 1. The Morgan fingerprint density at radius 3 is 1.47 bits per heavy atom. The fourth-order valence-electron chi connectivity index (χ4n) is 1.72. The molecule has 0 aromatic carbocycles. The Kier molecular flexibility index (Phi) is 12.0. The second-order valence-electron chi connectivity index (χ2n) is 5.49. The van der Waals surface area contributed by atoms with Crippen LogP contribution in [0.5, 0.6) is 0 Å². The molecule has 0 heterocycles. The molecule has 0 fully saturated rings. The molecule has 94 valence electrons. The second kappa shape index (κ2) is 10.4. The van der Waals surface area contributed by atoms with Gasteiger partial charge in [-0.1, -0.05) is 45.4 Å². The number of unbranched alkanes of at least 4 members (excludes halogenated alkanes) is 7. The molecule has 0 bridgehead atoms. The van der Waals surface area contributed by atoms with Gasteiger partial charge >= 0.3 is 0 Å². The van der Waals surface area contributed by atoms with Crippen molar-refractivity contribution >= 4 is 0 Å². The summed E-state index contributed by atoms with van der Waals surface area (Å²) in [5, 5.41) is 0. The van der Waals surface area contributed by atoms with Gasteiger partial charge in [-0.2, -0.15) is 0 Å². The van der Waals surface area contributed by atoms with Crippen LogP contribution in [-0.2, 0) is 0 Å². The van der Waals surface area contributed by atoms with Crippen molar-refractivity contribution in [2.45, 2.75) is 58.3 Å². The van der Waals surface area contributed by atoms with E-state index in [-0.39, 0.29) is 4.70 Å². The van der Waals surface area contributed by atoms with Gasteiger partial charge in [-0.25, -0.2) is 0 Å². The van der Waals surface area contributed by atoms with Crippen LogP contribution in [0, 0.1) is 0 Å². The van der Waals surface area contributed by atoms with E-state index >= 15 is 0 Å². The predicted molar refractivity (Wildman–Crippen MR) is 65.5 cm³/mol. The van der Waals surface area contributed by atoms with Crippen LogP contribution >= 0.6 is 0 Å². The highest BCUT2D eigenvalue weighted by molar-refractivity contribution is 4.45. The molecule has 15 heavy (non-hydrogen) atoms. The van der Waals surface area contributed by atoms with Crippen molar-refractivity contribution in [3.63, 3.8) is 0 Å². The molecule has 0 aliphatic heterocycles. The summed E-state index contributed by atoms with van der Waals surface area (Å²) in [5.74, 6) is 0. The third kappa shape index (κ3) is 16.6. The molecule has 0 aliphatic rings. The topological polar surface area (TPSA) is 0 Å². The molecule has 0 amide bonds. The SMILES string of the molecule is CCCCCCCCCC[N+](C)(C)C.[F-]. The molecule has 1 nitrogen and oxygen atoms in total. The van der Waals surface area contributed by atoms with Crippen molar-refractivity contribution in [2.75, 3.05) is 27.7 Å². The first kappa shape index (κ1) is 17.3. The number of hydrogen-bond acceptors (Lipinski definition) is 0. The van der Waals surface area contributed by atoms with Gasteiger partial charge in [0.25, 0.3) is 0 Å². The van der Waals surface area contributed by atoms with Gasteiger partial charge < -0.3 is 9.19 Å². The Balaban J connectivity index is 0. The maximum Gasteiger partial charge on any atom is 0.0780 e. The summed E-state index contributed by atoms with van der Waals surface area (Å²) in [6.45, 7) is 3.61. The van der Waals surface area contributed by atoms with Crippen molar-refractivity contribution in [1.82, 2.24) is 0 Å².